The van der Waals surface area contributed by atoms with Gasteiger partial charge in [-0.15, -0.1) is 0 Å². The van der Waals surface area contributed by atoms with E-state index in [4.69, 9.17) is 10.5 Å². The molecule has 0 radical (unpaired) electrons. The van der Waals surface area contributed by atoms with Crippen molar-refractivity contribution in [3.8, 4) is 24.0 Å². The van der Waals surface area contributed by atoms with Crippen LogP contribution in [0.4, 0.5) is 0 Å². The minimum atomic E-state index is -1.64. The Morgan fingerprint density at radius 2 is 1.77 bits per heavy atom. The smallest absolute Gasteiger partial charge is 0.191 e. The molecule has 0 aromatic heterocycles. The molecular weight excluding hydrogens is 384 g/mol. The molecular formula is C26H30N4O. The maximum absolute atomic E-state index is 10.3. The minimum Gasteiger partial charge on any atom is -0.491 e. The maximum Gasteiger partial charge on any atom is 0.191 e. The standard InChI is InChI=1S/C26H30N4O/c1-16(2)31-22-9-7-6-8-19(22)23-20-12-17(25(3,4)5)10-11-18(20)21(13-27)24(30)26(23,14-28)15-29/h6-9,11,16-17,20,23H,10,12,30H2,1-5H3/t17-,20+,23-/m1/s1. The first kappa shape index (κ1) is 22.5. The predicted octanol–water partition coefficient (Wildman–Crippen LogP) is 5.34. The van der Waals surface area contributed by atoms with E-state index in [1.54, 1.807) is 0 Å². The third-order valence-electron chi connectivity index (χ3n) is 6.72. The molecule has 2 N–H and O–H groups in total. The van der Waals surface area contributed by atoms with E-state index in [1.807, 2.05) is 38.1 Å². The number of benzene rings is 1. The van der Waals surface area contributed by atoms with E-state index in [0.29, 0.717) is 17.2 Å². The summed E-state index contributed by atoms with van der Waals surface area (Å²) in [7, 11) is 0. The molecule has 1 aromatic carbocycles. The lowest BCUT2D eigenvalue weighted by Gasteiger charge is -2.47. The van der Waals surface area contributed by atoms with Gasteiger partial charge in [0.1, 0.15) is 11.8 Å². The highest BCUT2D eigenvalue weighted by Crippen LogP contribution is 2.59. The SMILES string of the molecule is CC(C)Oc1ccccc1[C@@H]1[C@H]2C[C@H](C(C)(C)C)CC=C2C(C#N)=C(N)C1(C#N)C#N. The second-order valence-corrected chi connectivity index (χ2v) is 9.91. The lowest BCUT2D eigenvalue weighted by Crippen LogP contribution is -2.44. The molecule has 0 spiro atoms. The van der Waals surface area contributed by atoms with Crippen LogP contribution in [0.1, 0.15) is 58.9 Å². The Hall–Kier alpha value is -3.23. The van der Waals surface area contributed by atoms with E-state index >= 15 is 0 Å². The fourth-order valence-electron chi connectivity index (χ4n) is 5.04. The van der Waals surface area contributed by atoms with E-state index in [1.165, 1.54) is 0 Å². The summed E-state index contributed by atoms with van der Waals surface area (Å²) in [5.74, 6) is 0.321. The molecule has 5 heteroatoms. The fourth-order valence-corrected chi connectivity index (χ4v) is 5.04. The Balaban J connectivity index is 2.32. The molecule has 0 heterocycles. The summed E-state index contributed by atoms with van der Waals surface area (Å²) in [6.45, 7) is 10.5. The maximum atomic E-state index is 10.3. The molecule has 3 atom stereocenters. The molecule has 3 rings (SSSR count). The summed E-state index contributed by atoms with van der Waals surface area (Å²) in [4.78, 5) is 0. The van der Waals surface area contributed by atoms with E-state index in [2.05, 4.69) is 45.1 Å². The quantitative estimate of drug-likeness (QED) is 0.718. The minimum absolute atomic E-state index is 0.0565. The number of hydrogen-bond acceptors (Lipinski definition) is 5. The number of ether oxygens (including phenoxy) is 1. The second-order valence-electron chi connectivity index (χ2n) is 9.91. The van der Waals surface area contributed by atoms with E-state index in [0.717, 1.165) is 24.0 Å². The van der Waals surface area contributed by atoms with Crippen molar-refractivity contribution in [2.24, 2.45) is 28.4 Å². The fraction of sp³-hybridized carbons (Fsp3) is 0.500. The zero-order chi connectivity index (χ0) is 23.0. The molecule has 160 valence electrons. The van der Waals surface area contributed by atoms with Crippen molar-refractivity contribution in [3.63, 3.8) is 0 Å². The van der Waals surface area contributed by atoms with Gasteiger partial charge in [0.2, 0.25) is 0 Å². The Morgan fingerprint density at radius 1 is 1.13 bits per heavy atom. The van der Waals surface area contributed by atoms with Crippen molar-refractivity contribution < 1.29 is 4.74 Å². The monoisotopic (exact) mass is 414 g/mol. The molecule has 0 fully saturated rings. The Labute approximate surface area is 185 Å². The number of hydrogen-bond donors (Lipinski definition) is 1. The van der Waals surface area contributed by atoms with Gasteiger partial charge < -0.3 is 10.5 Å². The van der Waals surface area contributed by atoms with Crippen LogP contribution >= 0.6 is 0 Å². The first-order valence-corrected chi connectivity index (χ1v) is 10.8. The Kier molecular flexibility index (Phi) is 5.89. The summed E-state index contributed by atoms with van der Waals surface area (Å²) in [5, 5.41) is 30.5. The third kappa shape index (κ3) is 3.68. The first-order chi connectivity index (χ1) is 14.6. The van der Waals surface area contributed by atoms with Crippen LogP contribution in [0.2, 0.25) is 0 Å². The van der Waals surface area contributed by atoms with Gasteiger partial charge in [0.25, 0.3) is 0 Å². The van der Waals surface area contributed by atoms with Crippen LogP contribution in [0.5, 0.6) is 5.75 Å². The normalized spacial score (nSPS) is 25.0. The van der Waals surface area contributed by atoms with E-state index < -0.39 is 11.3 Å². The molecule has 0 amide bonds. The van der Waals surface area contributed by atoms with Crippen LogP contribution < -0.4 is 10.5 Å². The van der Waals surface area contributed by atoms with Crippen LogP contribution in [0.25, 0.3) is 0 Å². The lowest BCUT2D eigenvalue weighted by molar-refractivity contribution is 0.167. The number of nitrogens with two attached hydrogens (primary N) is 1. The Morgan fingerprint density at radius 3 is 2.32 bits per heavy atom. The average molecular weight is 415 g/mol. The van der Waals surface area contributed by atoms with Gasteiger partial charge in [-0.2, -0.15) is 15.8 Å². The molecule has 0 saturated carbocycles. The van der Waals surface area contributed by atoms with Crippen LogP contribution in [-0.4, -0.2) is 6.10 Å². The van der Waals surface area contributed by atoms with Crippen molar-refractivity contribution >= 4 is 0 Å². The van der Waals surface area contributed by atoms with Gasteiger partial charge in [0, 0.05) is 11.5 Å². The summed E-state index contributed by atoms with van der Waals surface area (Å²) < 4.78 is 6.08. The van der Waals surface area contributed by atoms with Gasteiger partial charge >= 0.3 is 0 Å². The average Bonchev–Trinajstić information content (AvgIpc) is 2.72. The van der Waals surface area contributed by atoms with Gasteiger partial charge in [-0.25, -0.2) is 0 Å². The van der Waals surface area contributed by atoms with Crippen molar-refractivity contribution in [3.05, 3.63) is 52.7 Å². The zero-order valence-corrected chi connectivity index (χ0v) is 18.9. The number of fused-ring (bicyclic) bond motifs is 1. The molecule has 31 heavy (non-hydrogen) atoms. The predicted molar refractivity (Wildman–Crippen MR) is 119 cm³/mol. The van der Waals surface area contributed by atoms with Crippen LogP contribution in [-0.2, 0) is 0 Å². The second kappa shape index (κ2) is 8.13. The van der Waals surface area contributed by atoms with Gasteiger partial charge in [-0.1, -0.05) is 45.0 Å². The van der Waals surface area contributed by atoms with Gasteiger partial charge in [0.15, 0.2) is 5.41 Å². The number of nitriles is 3. The summed E-state index contributed by atoms with van der Waals surface area (Å²) in [6.07, 6.45) is 3.67. The summed E-state index contributed by atoms with van der Waals surface area (Å²) in [6, 6.07) is 14.2. The van der Waals surface area contributed by atoms with E-state index in [9.17, 15) is 15.8 Å². The molecule has 0 saturated heterocycles. The molecule has 0 unspecified atom stereocenters. The Bertz CT molecular complexity index is 1040. The van der Waals surface area contributed by atoms with Crippen LogP contribution in [0.15, 0.2) is 47.2 Å². The zero-order valence-electron chi connectivity index (χ0n) is 18.9. The van der Waals surface area contributed by atoms with E-state index in [-0.39, 0.29) is 23.1 Å². The first-order valence-electron chi connectivity index (χ1n) is 10.8. The van der Waals surface area contributed by atoms with Crippen molar-refractivity contribution in [2.75, 3.05) is 0 Å². The van der Waals surface area contributed by atoms with Gasteiger partial charge in [0.05, 0.1) is 29.5 Å². The number of nitrogens with zero attached hydrogens (tertiary/aromatic N) is 3. The highest BCUT2D eigenvalue weighted by Gasteiger charge is 2.55. The van der Waals surface area contributed by atoms with Crippen LogP contribution in [0, 0.1) is 56.7 Å². The summed E-state index contributed by atoms with van der Waals surface area (Å²) >= 11 is 0. The number of allylic oxidation sites excluding steroid dienone is 4. The van der Waals surface area contributed by atoms with Crippen molar-refractivity contribution in [1.82, 2.24) is 0 Å². The van der Waals surface area contributed by atoms with Crippen molar-refractivity contribution in [1.29, 1.82) is 15.8 Å². The molecule has 2 aliphatic rings. The molecule has 5 nitrogen and oxygen atoms in total. The number of para-hydroxylation sites is 1. The van der Waals surface area contributed by atoms with Gasteiger partial charge in [-0.3, -0.25) is 0 Å². The highest BCUT2D eigenvalue weighted by atomic mass is 16.5. The van der Waals surface area contributed by atoms with Crippen LogP contribution in [0.3, 0.4) is 0 Å². The highest BCUT2D eigenvalue weighted by molar-refractivity contribution is 5.60. The number of rotatable bonds is 3. The topological polar surface area (TPSA) is 107 Å². The summed E-state index contributed by atoms with van der Waals surface area (Å²) in [5.41, 5.74) is 6.86. The molecule has 0 bridgehead atoms. The van der Waals surface area contributed by atoms with Crippen molar-refractivity contribution in [2.45, 2.75) is 59.5 Å². The largest absolute Gasteiger partial charge is 0.491 e. The third-order valence-corrected chi connectivity index (χ3v) is 6.72. The lowest BCUT2D eigenvalue weighted by atomic mass is 9.54. The molecule has 0 aliphatic heterocycles. The van der Waals surface area contributed by atoms with Gasteiger partial charge in [-0.05, 0) is 55.6 Å². The molecule has 1 aromatic rings. The molecule has 2 aliphatic carbocycles.